The Morgan fingerprint density at radius 3 is 2.62 bits per heavy atom. The van der Waals surface area contributed by atoms with Gasteiger partial charge in [0.15, 0.2) is 0 Å². The maximum Gasteiger partial charge on any atom is 0.0345 e. The van der Waals surface area contributed by atoms with Crippen molar-refractivity contribution in [3.63, 3.8) is 0 Å². The summed E-state index contributed by atoms with van der Waals surface area (Å²) in [4.78, 5) is 0. The second-order valence-electron chi connectivity index (χ2n) is 9.00. The van der Waals surface area contributed by atoms with Crippen LogP contribution in [0.5, 0.6) is 0 Å². The van der Waals surface area contributed by atoms with Gasteiger partial charge in [0.1, 0.15) is 0 Å². The lowest BCUT2D eigenvalue weighted by Gasteiger charge is -2.58. The van der Waals surface area contributed by atoms with Crippen molar-refractivity contribution in [1.82, 2.24) is 0 Å². The Morgan fingerprint density at radius 1 is 0.952 bits per heavy atom. The van der Waals surface area contributed by atoms with Crippen LogP contribution in [0, 0.1) is 52.3 Å². The van der Waals surface area contributed by atoms with Crippen LogP contribution in [-0.2, 0) is 0 Å². The van der Waals surface area contributed by atoms with Gasteiger partial charge in [-0.2, -0.15) is 0 Å². The molecule has 0 aromatic carbocycles. The Bertz CT molecular complexity index is 480. The van der Waals surface area contributed by atoms with E-state index in [0.717, 1.165) is 36.0 Å². The lowest BCUT2D eigenvalue weighted by atomic mass is 9.46. The van der Waals surface area contributed by atoms with Crippen LogP contribution in [0.2, 0.25) is 0 Å². The first-order chi connectivity index (χ1) is 10.1. The molecule has 0 bridgehead atoms. The molecule has 4 rings (SSSR count). The van der Waals surface area contributed by atoms with Crippen molar-refractivity contribution >= 4 is 0 Å². The molecule has 4 aliphatic carbocycles. The Morgan fingerprint density at radius 2 is 1.81 bits per heavy atom. The van der Waals surface area contributed by atoms with E-state index in [-0.39, 0.29) is 0 Å². The minimum atomic E-state index is 0.368. The molecule has 0 nitrogen and oxygen atoms in total. The first-order valence-corrected chi connectivity index (χ1v) is 9.59. The summed E-state index contributed by atoms with van der Waals surface area (Å²) in [5, 5.41) is 0. The number of hydrogen-bond acceptors (Lipinski definition) is 0. The Balaban J connectivity index is 1.67. The van der Waals surface area contributed by atoms with Crippen LogP contribution in [0.25, 0.3) is 0 Å². The van der Waals surface area contributed by atoms with Crippen molar-refractivity contribution in [1.29, 1.82) is 0 Å². The lowest BCUT2D eigenvalue weighted by Crippen LogP contribution is -2.51. The molecule has 3 saturated carbocycles. The Kier molecular flexibility index (Phi) is 3.22. The zero-order chi connectivity index (χ0) is 14.7. The standard InChI is InChI=1S/C21H32/c1-4-15-9-11-18-17-10-8-16-7-5-6-13-20(16,2)19(17)12-14-21(15,18)3/h15-19H,4-5,7-12,14H2,1-3H3/t15-,16?,17-,18-,19-,20-,21+/m0/s1. The topological polar surface area (TPSA) is 0 Å². The summed E-state index contributed by atoms with van der Waals surface area (Å²) in [5.41, 5.74) is 1.04. The third-order valence-corrected chi connectivity index (χ3v) is 8.57. The van der Waals surface area contributed by atoms with Crippen LogP contribution in [-0.4, -0.2) is 0 Å². The molecule has 1 unspecified atom stereocenters. The summed E-state index contributed by atoms with van der Waals surface area (Å²) in [6.45, 7) is 7.61. The predicted molar refractivity (Wildman–Crippen MR) is 88.7 cm³/mol. The average Bonchev–Trinajstić information content (AvgIpc) is 2.83. The number of fused-ring (bicyclic) bond motifs is 5. The van der Waals surface area contributed by atoms with Gasteiger partial charge >= 0.3 is 0 Å². The molecule has 3 fully saturated rings. The van der Waals surface area contributed by atoms with Crippen molar-refractivity contribution in [2.24, 2.45) is 40.4 Å². The molecule has 116 valence electrons. The van der Waals surface area contributed by atoms with E-state index >= 15 is 0 Å². The van der Waals surface area contributed by atoms with Crippen LogP contribution >= 0.6 is 0 Å². The maximum atomic E-state index is 3.76. The zero-order valence-electron chi connectivity index (χ0n) is 14.3. The minimum Gasteiger partial charge on any atom is -0.103 e. The molecular formula is C21H32. The summed E-state index contributed by atoms with van der Waals surface area (Å²) in [7, 11) is 0. The minimum absolute atomic E-state index is 0.368. The highest BCUT2D eigenvalue weighted by molar-refractivity contribution is 5.22. The van der Waals surface area contributed by atoms with Crippen LogP contribution < -0.4 is 0 Å². The van der Waals surface area contributed by atoms with Crippen LogP contribution in [0.15, 0.2) is 0 Å². The highest BCUT2D eigenvalue weighted by Crippen LogP contribution is 2.66. The molecule has 0 aromatic rings. The maximum absolute atomic E-state index is 3.76. The summed E-state index contributed by atoms with van der Waals surface area (Å²) >= 11 is 0. The van der Waals surface area contributed by atoms with Gasteiger partial charge in [-0.05, 0) is 86.9 Å². The fourth-order valence-electron chi connectivity index (χ4n) is 7.35. The van der Waals surface area contributed by atoms with Gasteiger partial charge in [-0.15, -0.1) is 5.92 Å². The molecule has 0 heteroatoms. The first-order valence-electron chi connectivity index (χ1n) is 9.59. The molecule has 21 heavy (non-hydrogen) atoms. The van der Waals surface area contributed by atoms with E-state index in [1.165, 1.54) is 51.4 Å². The van der Waals surface area contributed by atoms with Crippen LogP contribution in [0.3, 0.4) is 0 Å². The zero-order valence-corrected chi connectivity index (χ0v) is 14.3. The largest absolute Gasteiger partial charge is 0.103 e. The molecule has 0 N–H and O–H groups in total. The molecule has 0 heterocycles. The molecule has 0 aromatic heterocycles. The molecular weight excluding hydrogens is 252 g/mol. The van der Waals surface area contributed by atoms with Gasteiger partial charge in [0, 0.05) is 11.8 Å². The van der Waals surface area contributed by atoms with Crippen molar-refractivity contribution in [2.45, 2.75) is 78.6 Å². The average molecular weight is 284 g/mol. The predicted octanol–water partition coefficient (Wildman–Crippen LogP) is 5.67. The third kappa shape index (κ3) is 1.82. The molecule has 4 aliphatic rings. The van der Waals surface area contributed by atoms with Gasteiger partial charge in [0.25, 0.3) is 0 Å². The molecule has 0 spiro atoms. The van der Waals surface area contributed by atoms with Gasteiger partial charge in [0.05, 0.1) is 0 Å². The third-order valence-electron chi connectivity index (χ3n) is 8.57. The molecule has 0 aliphatic heterocycles. The van der Waals surface area contributed by atoms with Gasteiger partial charge in [-0.1, -0.05) is 26.2 Å². The van der Waals surface area contributed by atoms with E-state index in [1.807, 2.05) is 0 Å². The second kappa shape index (κ2) is 4.78. The van der Waals surface area contributed by atoms with Gasteiger partial charge in [-0.3, -0.25) is 0 Å². The molecule has 0 amide bonds. The highest BCUT2D eigenvalue weighted by Gasteiger charge is 2.58. The van der Waals surface area contributed by atoms with Crippen LogP contribution in [0.4, 0.5) is 0 Å². The van der Waals surface area contributed by atoms with Crippen molar-refractivity contribution in [3.8, 4) is 11.8 Å². The summed E-state index contributed by atoms with van der Waals surface area (Å²) < 4.78 is 0. The Hall–Kier alpha value is -0.440. The highest BCUT2D eigenvalue weighted by atomic mass is 14.6. The number of rotatable bonds is 1. The number of hydrogen-bond donors (Lipinski definition) is 0. The van der Waals surface area contributed by atoms with E-state index in [9.17, 15) is 0 Å². The second-order valence-corrected chi connectivity index (χ2v) is 9.00. The van der Waals surface area contributed by atoms with Crippen LogP contribution in [0.1, 0.15) is 78.6 Å². The quantitative estimate of drug-likeness (QED) is 0.544. The monoisotopic (exact) mass is 284 g/mol. The summed E-state index contributed by atoms with van der Waals surface area (Å²) in [6, 6.07) is 0. The summed E-state index contributed by atoms with van der Waals surface area (Å²) in [5.74, 6) is 12.1. The van der Waals surface area contributed by atoms with E-state index in [1.54, 1.807) is 0 Å². The SMILES string of the molecule is CC[C@H]1CC[C@H]2[C@@H]3CCC4CCC#C[C@]4(C)[C@H]3CC[C@]12C. The van der Waals surface area contributed by atoms with E-state index in [2.05, 4.69) is 32.6 Å². The Labute approximate surface area is 131 Å². The normalized spacial score (nSPS) is 54.9. The van der Waals surface area contributed by atoms with E-state index in [4.69, 9.17) is 0 Å². The van der Waals surface area contributed by atoms with Crippen molar-refractivity contribution in [3.05, 3.63) is 0 Å². The van der Waals surface area contributed by atoms with E-state index in [0.29, 0.717) is 10.8 Å². The van der Waals surface area contributed by atoms with E-state index < -0.39 is 0 Å². The van der Waals surface area contributed by atoms with Gasteiger partial charge in [-0.25, -0.2) is 0 Å². The fourth-order valence-corrected chi connectivity index (χ4v) is 7.35. The van der Waals surface area contributed by atoms with Crippen molar-refractivity contribution in [2.75, 3.05) is 0 Å². The first kappa shape index (κ1) is 14.2. The van der Waals surface area contributed by atoms with Gasteiger partial charge in [0.2, 0.25) is 0 Å². The fraction of sp³-hybridized carbons (Fsp3) is 0.905. The smallest absolute Gasteiger partial charge is 0.0345 e. The molecule has 0 saturated heterocycles. The molecule has 7 atom stereocenters. The molecule has 0 radical (unpaired) electrons. The van der Waals surface area contributed by atoms with Gasteiger partial charge < -0.3 is 0 Å². The summed E-state index contributed by atoms with van der Waals surface area (Å²) in [6.07, 6.45) is 12.9. The lowest BCUT2D eigenvalue weighted by molar-refractivity contribution is -0.0743. The van der Waals surface area contributed by atoms with Crippen molar-refractivity contribution < 1.29 is 0 Å².